The first-order chi connectivity index (χ1) is 6.33. The Morgan fingerprint density at radius 2 is 2.38 bits per heavy atom. The van der Waals surface area contributed by atoms with Gasteiger partial charge in [-0.15, -0.1) is 0 Å². The smallest absolute Gasteiger partial charge is 0.305 e. The van der Waals surface area contributed by atoms with Gasteiger partial charge in [-0.2, -0.15) is 0 Å². The number of carbonyl (C=O) groups excluding carboxylic acids is 1. The van der Waals surface area contributed by atoms with Crippen molar-refractivity contribution in [2.45, 2.75) is 39.0 Å². The third kappa shape index (κ3) is 4.11. The van der Waals surface area contributed by atoms with Crippen molar-refractivity contribution in [3.05, 3.63) is 12.2 Å². The Morgan fingerprint density at radius 1 is 1.54 bits per heavy atom. The van der Waals surface area contributed by atoms with E-state index >= 15 is 0 Å². The van der Waals surface area contributed by atoms with Crippen LogP contribution in [0.15, 0.2) is 12.2 Å². The van der Waals surface area contributed by atoms with Crippen LogP contribution in [0.25, 0.3) is 0 Å². The first-order valence-electron chi connectivity index (χ1n) is 5.13. The lowest BCUT2D eigenvalue weighted by molar-refractivity contribution is -0.145. The number of ether oxygens (including phenoxy) is 1. The van der Waals surface area contributed by atoms with Crippen LogP contribution in [0.5, 0.6) is 0 Å². The summed E-state index contributed by atoms with van der Waals surface area (Å²) in [5, 5.41) is 0. The van der Waals surface area contributed by atoms with Crippen molar-refractivity contribution in [2.24, 2.45) is 5.92 Å². The van der Waals surface area contributed by atoms with Crippen LogP contribution >= 0.6 is 0 Å². The Labute approximate surface area is 80.0 Å². The highest BCUT2D eigenvalue weighted by molar-refractivity contribution is 5.69. The SMILES string of the molecule is CCCC(=O)OCC1CC=CCC1. The van der Waals surface area contributed by atoms with Crippen LogP contribution in [0.2, 0.25) is 0 Å². The highest BCUT2D eigenvalue weighted by Gasteiger charge is 2.11. The second-order valence-corrected chi connectivity index (χ2v) is 3.58. The van der Waals surface area contributed by atoms with Crippen LogP contribution < -0.4 is 0 Å². The van der Waals surface area contributed by atoms with Gasteiger partial charge in [-0.1, -0.05) is 19.1 Å². The minimum Gasteiger partial charge on any atom is -0.465 e. The molecular weight excluding hydrogens is 164 g/mol. The fourth-order valence-corrected chi connectivity index (χ4v) is 1.49. The van der Waals surface area contributed by atoms with Gasteiger partial charge in [0.05, 0.1) is 6.61 Å². The van der Waals surface area contributed by atoms with Crippen LogP contribution in [0.1, 0.15) is 39.0 Å². The number of carbonyl (C=O) groups is 1. The van der Waals surface area contributed by atoms with Crippen LogP contribution in [0.3, 0.4) is 0 Å². The molecule has 0 bridgehead atoms. The highest BCUT2D eigenvalue weighted by atomic mass is 16.5. The Hall–Kier alpha value is -0.790. The van der Waals surface area contributed by atoms with Gasteiger partial charge in [0, 0.05) is 6.42 Å². The Kier molecular flexibility index (Phi) is 4.58. The summed E-state index contributed by atoms with van der Waals surface area (Å²) in [6, 6.07) is 0. The molecule has 0 radical (unpaired) electrons. The number of hydrogen-bond donors (Lipinski definition) is 0. The Morgan fingerprint density at radius 3 is 3.00 bits per heavy atom. The highest BCUT2D eigenvalue weighted by Crippen LogP contribution is 2.18. The standard InChI is InChI=1S/C11H18O2/c1-2-6-11(12)13-9-10-7-4-3-5-8-10/h3-4,10H,2,5-9H2,1H3. The zero-order valence-corrected chi connectivity index (χ0v) is 8.29. The van der Waals surface area contributed by atoms with E-state index in [4.69, 9.17) is 4.74 Å². The van der Waals surface area contributed by atoms with E-state index in [0.717, 1.165) is 25.7 Å². The van der Waals surface area contributed by atoms with Crippen molar-refractivity contribution in [1.82, 2.24) is 0 Å². The molecule has 0 N–H and O–H groups in total. The second kappa shape index (κ2) is 5.79. The minimum absolute atomic E-state index is 0.0444. The van der Waals surface area contributed by atoms with Gasteiger partial charge >= 0.3 is 5.97 Å². The van der Waals surface area contributed by atoms with Crippen LogP contribution in [0, 0.1) is 5.92 Å². The second-order valence-electron chi connectivity index (χ2n) is 3.58. The number of esters is 1. The summed E-state index contributed by atoms with van der Waals surface area (Å²) in [7, 11) is 0. The molecule has 1 atom stereocenters. The van der Waals surface area contributed by atoms with Gasteiger partial charge in [0.1, 0.15) is 0 Å². The molecular formula is C11H18O2. The topological polar surface area (TPSA) is 26.3 Å². The van der Waals surface area contributed by atoms with E-state index in [1.165, 1.54) is 0 Å². The average Bonchev–Trinajstić information content (AvgIpc) is 2.17. The molecule has 13 heavy (non-hydrogen) atoms. The molecule has 0 amide bonds. The summed E-state index contributed by atoms with van der Waals surface area (Å²) in [6.07, 6.45) is 9.18. The molecule has 74 valence electrons. The lowest BCUT2D eigenvalue weighted by atomic mass is 9.95. The summed E-state index contributed by atoms with van der Waals surface area (Å²) in [5.41, 5.74) is 0. The predicted molar refractivity (Wildman–Crippen MR) is 52.3 cm³/mol. The quantitative estimate of drug-likeness (QED) is 0.493. The van der Waals surface area contributed by atoms with E-state index in [-0.39, 0.29) is 5.97 Å². The molecule has 0 fully saturated rings. The summed E-state index contributed by atoms with van der Waals surface area (Å²) in [5.74, 6) is 0.517. The van der Waals surface area contributed by atoms with Gasteiger partial charge in [0.2, 0.25) is 0 Å². The molecule has 0 saturated heterocycles. The molecule has 0 saturated carbocycles. The average molecular weight is 182 g/mol. The zero-order chi connectivity index (χ0) is 9.52. The van der Waals surface area contributed by atoms with E-state index in [1.807, 2.05) is 6.92 Å². The van der Waals surface area contributed by atoms with Gasteiger partial charge < -0.3 is 4.74 Å². The molecule has 0 aromatic rings. The van der Waals surface area contributed by atoms with E-state index in [9.17, 15) is 4.79 Å². The molecule has 0 heterocycles. The molecule has 0 spiro atoms. The van der Waals surface area contributed by atoms with Crippen molar-refractivity contribution in [3.8, 4) is 0 Å². The van der Waals surface area contributed by atoms with Crippen molar-refractivity contribution < 1.29 is 9.53 Å². The molecule has 0 aromatic carbocycles. The normalized spacial score (nSPS) is 21.5. The van der Waals surface area contributed by atoms with Crippen molar-refractivity contribution in [2.75, 3.05) is 6.61 Å². The maximum atomic E-state index is 11.0. The van der Waals surface area contributed by atoms with E-state index in [1.54, 1.807) is 0 Å². The van der Waals surface area contributed by atoms with Crippen molar-refractivity contribution in [1.29, 1.82) is 0 Å². The first-order valence-corrected chi connectivity index (χ1v) is 5.13. The van der Waals surface area contributed by atoms with Crippen molar-refractivity contribution >= 4 is 5.97 Å². The molecule has 1 aliphatic rings. The molecule has 1 aliphatic carbocycles. The number of hydrogen-bond acceptors (Lipinski definition) is 2. The fourth-order valence-electron chi connectivity index (χ4n) is 1.49. The van der Waals surface area contributed by atoms with Gasteiger partial charge in [0.15, 0.2) is 0 Å². The molecule has 0 aromatic heterocycles. The lowest BCUT2D eigenvalue weighted by Crippen LogP contribution is -2.14. The Bertz CT molecular complexity index is 185. The van der Waals surface area contributed by atoms with Crippen LogP contribution in [-0.4, -0.2) is 12.6 Å². The summed E-state index contributed by atoms with van der Waals surface area (Å²) in [4.78, 5) is 11.0. The number of rotatable bonds is 4. The van der Waals surface area contributed by atoms with E-state index in [2.05, 4.69) is 12.2 Å². The lowest BCUT2D eigenvalue weighted by Gasteiger charge is -2.17. The summed E-state index contributed by atoms with van der Waals surface area (Å²) in [6.45, 7) is 2.60. The van der Waals surface area contributed by atoms with E-state index < -0.39 is 0 Å². The maximum Gasteiger partial charge on any atom is 0.305 e. The van der Waals surface area contributed by atoms with Crippen LogP contribution in [0.4, 0.5) is 0 Å². The number of allylic oxidation sites excluding steroid dienone is 2. The Balaban J connectivity index is 2.11. The fraction of sp³-hybridized carbons (Fsp3) is 0.727. The van der Waals surface area contributed by atoms with E-state index in [0.29, 0.717) is 18.9 Å². The first kappa shape index (κ1) is 10.3. The van der Waals surface area contributed by atoms with Gasteiger partial charge in [-0.3, -0.25) is 4.79 Å². The van der Waals surface area contributed by atoms with Gasteiger partial charge in [0.25, 0.3) is 0 Å². The molecule has 0 aliphatic heterocycles. The summed E-state index contributed by atoms with van der Waals surface area (Å²) < 4.78 is 5.15. The molecule has 2 nitrogen and oxygen atoms in total. The minimum atomic E-state index is -0.0444. The zero-order valence-electron chi connectivity index (χ0n) is 8.29. The van der Waals surface area contributed by atoms with Gasteiger partial charge in [-0.05, 0) is 31.6 Å². The van der Waals surface area contributed by atoms with Gasteiger partial charge in [-0.25, -0.2) is 0 Å². The largest absolute Gasteiger partial charge is 0.465 e. The molecule has 1 rings (SSSR count). The third-order valence-corrected chi connectivity index (χ3v) is 2.31. The van der Waals surface area contributed by atoms with Crippen molar-refractivity contribution in [3.63, 3.8) is 0 Å². The molecule has 1 unspecified atom stereocenters. The monoisotopic (exact) mass is 182 g/mol. The summed E-state index contributed by atoms with van der Waals surface area (Å²) >= 11 is 0. The van der Waals surface area contributed by atoms with Crippen LogP contribution in [-0.2, 0) is 9.53 Å². The predicted octanol–water partition coefficient (Wildman–Crippen LogP) is 2.69. The maximum absolute atomic E-state index is 11.0. The molecule has 2 heteroatoms. The third-order valence-electron chi connectivity index (χ3n) is 2.31.